The Hall–Kier alpha value is -2.20. The van der Waals surface area contributed by atoms with Crippen molar-refractivity contribution in [3.63, 3.8) is 0 Å². The molecule has 1 aromatic rings. The molecule has 0 spiro atoms. The molecule has 0 aromatic heterocycles. The summed E-state index contributed by atoms with van der Waals surface area (Å²) in [5.74, 6) is -0.378. The second kappa shape index (κ2) is 7.40. The summed E-state index contributed by atoms with van der Waals surface area (Å²) < 4.78 is 0. The zero-order valence-electron chi connectivity index (χ0n) is 11.1. The average Bonchev–Trinajstić information content (AvgIpc) is 2.37. The molecule has 0 fully saturated rings. The number of nitriles is 1. The van der Waals surface area contributed by atoms with E-state index in [1.807, 2.05) is 13.0 Å². The summed E-state index contributed by atoms with van der Waals surface area (Å²) in [5, 5.41) is 9.32. The lowest BCUT2D eigenvalue weighted by molar-refractivity contribution is -0.117. The Morgan fingerprint density at radius 2 is 1.90 bits per heavy atom. The molecular formula is C13H16N4O2S. The Morgan fingerprint density at radius 1 is 1.30 bits per heavy atom. The number of anilines is 1. The van der Waals surface area contributed by atoms with Crippen LogP contribution in [-0.4, -0.2) is 30.7 Å². The van der Waals surface area contributed by atoms with Gasteiger partial charge in [0.05, 0.1) is 24.3 Å². The minimum Gasteiger partial charge on any atom is -0.368 e. The summed E-state index contributed by atoms with van der Waals surface area (Å²) in [7, 11) is 0. The van der Waals surface area contributed by atoms with Crippen molar-refractivity contribution in [2.75, 3.05) is 23.7 Å². The monoisotopic (exact) mass is 292 g/mol. The van der Waals surface area contributed by atoms with Crippen molar-refractivity contribution >= 4 is 29.3 Å². The van der Waals surface area contributed by atoms with Gasteiger partial charge in [-0.2, -0.15) is 5.26 Å². The van der Waals surface area contributed by atoms with Gasteiger partial charge in [0, 0.05) is 4.90 Å². The Balaban J connectivity index is 3.24. The summed E-state index contributed by atoms with van der Waals surface area (Å²) in [6.07, 6.45) is 0. The maximum absolute atomic E-state index is 11.1. The van der Waals surface area contributed by atoms with Crippen LogP contribution in [-0.2, 0) is 9.59 Å². The third-order valence-electron chi connectivity index (χ3n) is 2.45. The van der Waals surface area contributed by atoms with Crippen molar-refractivity contribution in [3.05, 3.63) is 23.8 Å². The van der Waals surface area contributed by atoms with Crippen molar-refractivity contribution in [2.24, 2.45) is 11.5 Å². The Kier molecular flexibility index (Phi) is 5.87. The number of thioether (sulfide) groups is 1. The number of benzene rings is 1. The molecule has 2 amide bonds. The number of nitrogens with two attached hydrogens (primary N) is 2. The zero-order valence-corrected chi connectivity index (χ0v) is 11.9. The van der Waals surface area contributed by atoms with Gasteiger partial charge in [-0.3, -0.25) is 9.59 Å². The van der Waals surface area contributed by atoms with Gasteiger partial charge in [-0.1, -0.05) is 13.0 Å². The van der Waals surface area contributed by atoms with Gasteiger partial charge in [0.15, 0.2) is 0 Å². The van der Waals surface area contributed by atoms with Crippen molar-refractivity contribution in [3.8, 4) is 6.07 Å². The van der Waals surface area contributed by atoms with Gasteiger partial charge in [-0.05, 0) is 17.9 Å². The standard InChI is InChI=1S/C13H16N4O2S/c1-2-20-11-5-3-4-10(9(11)6-14)17(7-12(15)18)8-13(16)19/h3-5H,2,7-8H2,1H3,(H2,15,18)(H2,16,19). The Bertz CT molecular complexity index is 538. The van der Waals surface area contributed by atoms with Crippen LogP contribution in [0, 0.1) is 11.3 Å². The molecule has 1 aromatic carbocycles. The Morgan fingerprint density at radius 3 is 2.35 bits per heavy atom. The highest BCUT2D eigenvalue weighted by atomic mass is 32.2. The number of amides is 2. The molecule has 0 saturated heterocycles. The molecule has 0 unspecified atom stereocenters. The molecule has 106 valence electrons. The van der Waals surface area contributed by atoms with E-state index in [-0.39, 0.29) is 13.1 Å². The SMILES string of the molecule is CCSc1cccc(N(CC(N)=O)CC(N)=O)c1C#N. The van der Waals surface area contributed by atoms with Gasteiger partial charge in [-0.15, -0.1) is 11.8 Å². The van der Waals surface area contributed by atoms with Crippen LogP contribution in [0.15, 0.2) is 23.1 Å². The van der Waals surface area contributed by atoms with Gasteiger partial charge in [0.25, 0.3) is 0 Å². The van der Waals surface area contributed by atoms with E-state index in [0.717, 1.165) is 10.6 Å². The van der Waals surface area contributed by atoms with E-state index >= 15 is 0 Å². The predicted octanol–water partition coefficient (Wildman–Crippen LogP) is 0.447. The van der Waals surface area contributed by atoms with Crippen molar-refractivity contribution in [1.29, 1.82) is 5.26 Å². The molecule has 20 heavy (non-hydrogen) atoms. The van der Waals surface area contributed by atoms with E-state index in [0.29, 0.717) is 11.3 Å². The van der Waals surface area contributed by atoms with E-state index in [4.69, 9.17) is 11.5 Å². The minimum absolute atomic E-state index is 0.169. The molecule has 0 aliphatic rings. The van der Waals surface area contributed by atoms with Gasteiger partial charge in [0.2, 0.25) is 11.8 Å². The summed E-state index contributed by atoms with van der Waals surface area (Å²) in [6, 6.07) is 7.37. The summed E-state index contributed by atoms with van der Waals surface area (Å²) in [4.78, 5) is 24.4. The lowest BCUT2D eigenvalue weighted by Crippen LogP contribution is -2.40. The van der Waals surface area contributed by atoms with Crippen LogP contribution >= 0.6 is 11.8 Å². The first-order valence-corrected chi connectivity index (χ1v) is 6.95. The second-order valence-electron chi connectivity index (χ2n) is 3.98. The summed E-state index contributed by atoms with van der Waals surface area (Å²) >= 11 is 1.51. The average molecular weight is 292 g/mol. The minimum atomic E-state index is -0.594. The lowest BCUT2D eigenvalue weighted by Gasteiger charge is -2.23. The molecule has 6 nitrogen and oxygen atoms in total. The highest BCUT2D eigenvalue weighted by Crippen LogP contribution is 2.30. The van der Waals surface area contributed by atoms with Crippen LogP contribution in [0.2, 0.25) is 0 Å². The van der Waals surface area contributed by atoms with Crippen LogP contribution < -0.4 is 16.4 Å². The van der Waals surface area contributed by atoms with Crippen LogP contribution in [0.3, 0.4) is 0 Å². The first-order valence-electron chi connectivity index (χ1n) is 5.97. The van der Waals surface area contributed by atoms with Crippen LogP contribution in [0.4, 0.5) is 5.69 Å². The molecule has 0 heterocycles. The number of rotatable bonds is 7. The number of hydrogen-bond donors (Lipinski definition) is 2. The molecule has 0 radical (unpaired) electrons. The van der Waals surface area contributed by atoms with Crippen LogP contribution in [0.25, 0.3) is 0 Å². The quantitative estimate of drug-likeness (QED) is 0.708. The predicted molar refractivity (Wildman–Crippen MR) is 78.2 cm³/mol. The van der Waals surface area contributed by atoms with Crippen molar-refractivity contribution in [1.82, 2.24) is 0 Å². The van der Waals surface area contributed by atoms with E-state index in [2.05, 4.69) is 6.07 Å². The maximum atomic E-state index is 11.1. The number of nitrogens with zero attached hydrogens (tertiary/aromatic N) is 2. The number of primary amides is 2. The first-order chi connectivity index (χ1) is 9.49. The third kappa shape index (κ3) is 4.17. The zero-order chi connectivity index (χ0) is 15.1. The number of carbonyl (C=O) groups excluding carboxylic acids is 2. The fraction of sp³-hybridized carbons (Fsp3) is 0.308. The molecule has 0 bridgehead atoms. The second-order valence-corrected chi connectivity index (χ2v) is 5.29. The first kappa shape index (κ1) is 15.9. The van der Waals surface area contributed by atoms with Gasteiger partial charge < -0.3 is 16.4 Å². The van der Waals surface area contributed by atoms with E-state index in [1.54, 1.807) is 12.1 Å². The van der Waals surface area contributed by atoms with Crippen molar-refractivity contribution in [2.45, 2.75) is 11.8 Å². The molecule has 0 atom stereocenters. The molecule has 0 aliphatic heterocycles. The largest absolute Gasteiger partial charge is 0.368 e. The third-order valence-corrected chi connectivity index (χ3v) is 3.39. The van der Waals surface area contributed by atoms with Gasteiger partial charge >= 0.3 is 0 Å². The number of carbonyl (C=O) groups is 2. The van der Waals surface area contributed by atoms with Crippen molar-refractivity contribution < 1.29 is 9.59 Å². The van der Waals surface area contributed by atoms with E-state index < -0.39 is 11.8 Å². The fourth-order valence-electron chi connectivity index (χ4n) is 1.77. The molecule has 7 heteroatoms. The number of hydrogen-bond acceptors (Lipinski definition) is 5. The normalized spacial score (nSPS) is 9.80. The van der Waals surface area contributed by atoms with Crippen LogP contribution in [0.5, 0.6) is 0 Å². The molecular weight excluding hydrogens is 276 g/mol. The fourth-order valence-corrected chi connectivity index (χ4v) is 2.55. The Labute approximate surface area is 121 Å². The summed E-state index contributed by atoms with van der Waals surface area (Å²) in [6.45, 7) is 1.64. The molecule has 1 rings (SSSR count). The van der Waals surface area contributed by atoms with E-state index in [9.17, 15) is 14.9 Å². The van der Waals surface area contributed by atoms with Gasteiger partial charge in [-0.25, -0.2) is 0 Å². The lowest BCUT2D eigenvalue weighted by atomic mass is 10.1. The molecule has 4 N–H and O–H groups in total. The van der Waals surface area contributed by atoms with E-state index in [1.165, 1.54) is 16.7 Å². The summed E-state index contributed by atoms with van der Waals surface area (Å²) in [5.41, 5.74) is 11.3. The van der Waals surface area contributed by atoms with Crippen LogP contribution in [0.1, 0.15) is 12.5 Å². The molecule has 0 saturated carbocycles. The molecule has 0 aliphatic carbocycles. The topological polar surface area (TPSA) is 113 Å². The van der Waals surface area contributed by atoms with Gasteiger partial charge in [0.1, 0.15) is 6.07 Å². The maximum Gasteiger partial charge on any atom is 0.236 e. The highest BCUT2D eigenvalue weighted by molar-refractivity contribution is 7.99. The smallest absolute Gasteiger partial charge is 0.236 e. The highest BCUT2D eigenvalue weighted by Gasteiger charge is 2.17.